The molecule has 0 spiro atoms. The predicted molar refractivity (Wildman–Crippen MR) is 112 cm³/mol. The zero-order valence-electron chi connectivity index (χ0n) is 17.0. The zero-order chi connectivity index (χ0) is 18.6. The smallest absolute Gasteiger partial charge is 0.0506 e. The van der Waals surface area contributed by atoms with E-state index in [0.717, 1.165) is 32.0 Å². The summed E-state index contributed by atoms with van der Waals surface area (Å²) in [5.74, 6) is 1.47. The summed E-state index contributed by atoms with van der Waals surface area (Å²) in [6.45, 7) is 12.1. The Labute approximate surface area is 160 Å². The lowest BCUT2D eigenvalue weighted by atomic mass is 9.82. The van der Waals surface area contributed by atoms with Crippen molar-refractivity contribution in [3.8, 4) is 0 Å². The molecule has 1 fully saturated rings. The Kier molecular flexibility index (Phi) is 9.73. The SMILES string of the molecule is C/C=C\C=C(/C)C(C)C1CCCN(CCCOCCc2ccccc2)C1. The minimum absolute atomic E-state index is 0.677. The standard InChI is InChI=1S/C24H37NO/c1-4-5-11-21(2)22(3)24-14-9-16-25(20-24)17-10-18-26-19-15-23-12-7-6-8-13-23/h4-8,11-13,22,24H,9-10,14-20H2,1-3H3/b5-4-,21-11+. The number of benzene rings is 1. The van der Waals surface area contributed by atoms with E-state index >= 15 is 0 Å². The molecule has 1 aliphatic rings. The van der Waals surface area contributed by atoms with Crippen LogP contribution in [0.25, 0.3) is 0 Å². The van der Waals surface area contributed by atoms with E-state index in [1.54, 1.807) is 0 Å². The largest absolute Gasteiger partial charge is 0.381 e. The summed E-state index contributed by atoms with van der Waals surface area (Å²) < 4.78 is 5.84. The van der Waals surface area contributed by atoms with Gasteiger partial charge in [-0.05, 0) is 63.5 Å². The molecule has 0 aromatic heterocycles. The Morgan fingerprint density at radius 3 is 2.85 bits per heavy atom. The van der Waals surface area contributed by atoms with Gasteiger partial charge in [0, 0.05) is 19.7 Å². The highest BCUT2D eigenvalue weighted by Crippen LogP contribution is 2.28. The molecule has 0 bridgehead atoms. The van der Waals surface area contributed by atoms with E-state index in [1.807, 2.05) is 0 Å². The summed E-state index contributed by atoms with van der Waals surface area (Å²) in [5.41, 5.74) is 2.88. The van der Waals surface area contributed by atoms with Crippen molar-refractivity contribution in [2.75, 3.05) is 32.8 Å². The highest BCUT2D eigenvalue weighted by molar-refractivity contribution is 5.14. The quantitative estimate of drug-likeness (QED) is 0.405. The van der Waals surface area contributed by atoms with Crippen molar-refractivity contribution in [3.05, 3.63) is 59.7 Å². The Morgan fingerprint density at radius 2 is 2.08 bits per heavy atom. The lowest BCUT2D eigenvalue weighted by Gasteiger charge is -2.36. The van der Waals surface area contributed by atoms with E-state index in [9.17, 15) is 0 Å². The average molecular weight is 356 g/mol. The molecule has 1 saturated heterocycles. The first-order valence-electron chi connectivity index (χ1n) is 10.3. The average Bonchev–Trinajstić information content (AvgIpc) is 2.69. The summed E-state index contributed by atoms with van der Waals surface area (Å²) in [4.78, 5) is 2.65. The Morgan fingerprint density at radius 1 is 1.27 bits per heavy atom. The number of hydrogen-bond donors (Lipinski definition) is 0. The minimum Gasteiger partial charge on any atom is -0.381 e. The van der Waals surface area contributed by atoms with Crippen LogP contribution in [-0.4, -0.2) is 37.7 Å². The lowest BCUT2D eigenvalue weighted by Crippen LogP contribution is -2.38. The predicted octanol–water partition coefficient (Wildman–Crippen LogP) is 5.51. The fraction of sp³-hybridized carbons (Fsp3) is 0.583. The van der Waals surface area contributed by atoms with E-state index in [1.165, 1.54) is 43.6 Å². The summed E-state index contributed by atoms with van der Waals surface area (Å²) in [6, 6.07) is 10.6. The highest BCUT2D eigenvalue weighted by Gasteiger charge is 2.24. The summed E-state index contributed by atoms with van der Waals surface area (Å²) in [6.07, 6.45) is 11.4. The molecule has 2 unspecified atom stereocenters. The molecule has 2 nitrogen and oxygen atoms in total. The summed E-state index contributed by atoms with van der Waals surface area (Å²) in [7, 11) is 0. The second-order valence-electron chi connectivity index (χ2n) is 7.63. The molecule has 0 saturated carbocycles. The van der Waals surface area contributed by atoms with Gasteiger partial charge in [0.05, 0.1) is 6.61 Å². The molecule has 0 aliphatic carbocycles. The summed E-state index contributed by atoms with van der Waals surface area (Å²) >= 11 is 0. The molecule has 0 amide bonds. The van der Waals surface area contributed by atoms with Crippen molar-refractivity contribution < 1.29 is 4.74 Å². The van der Waals surface area contributed by atoms with Gasteiger partial charge in [0.1, 0.15) is 0 Å². The van der Waals surface area contributed by atoms with Crippen molar-refractivity contribution in [1.82, 2.24) is 4.90 Å². The van der Waals surface area contributed by atoms with Gasteiger partial charge in [-0.15, -0.1) is 0 Å². The Hall–Kier alpha value is -1.38. The van der Waals surface area contributed by atoms with Crippen LogP contribution in [0.4, 0.5) is 0 Å². The van der Waals surface area contributed by atoms with Crippen LogP contribution in [0.3, 0.4) is 0 Å². The van der Waals surface area contributed by atoms with Crippen LogP contribution in [0.5, 0.6) is 0 Å². The van der Waals surface area contributed by atoms with Gasteiger partial charge in [0.2, 0.25) is 0 Å². The molecule has 2 rings (SSSR count). The van der Waals surface area contributed by atoms with Gasteiger partial charge >= 0.3 is 0 Å². The maximum Gasteiger partial charge on any atom is 0.0506 e. The third-order valence-corrected chi connectivity index (χ3v) is 5.66. The monoisotopic (exact) mass is 355 g/mol. The van der Waals surface area contributed by atoms with Gasteiger partial charge in [-0.1, -0.05) is 61.1 Å². The van der Waals surface area contributed by atoms with Crippen LogP contribution in [-0.2, 0) is 11.2 Å². The molecular weight excluding hydrogens is 318 g/mol. The molecule has 144 valence electrons. The van der Waals surface area contributed by atoms with Crippen LogP contribution in [0.15, 0.2) is 54.1 Å². The van der Waals surface area contributed by atoms with Crippen LogP contribution < -0.4 is 0 Å². The maximum atomic E-state index is 5.84. The third-order valence-electron chi connectivity index (χ3n) is 5.66. The highest BCUT2D eigenvalue weighted by atomic mass is 16.5. The first-order valence-corrected chi connectivity index (χ1v) is 10.3. The molecule has 2 heteroatoms. The molecule has 1 heterocycles. The molecule has 26 heavy (non-hydrogen) atoms. The second-order valence-corrected chi connectivity index (χ2v) is 7.63. The van der Waals surface area contributed by atoms with Crippen LogP contribution >= 0.6 is 0 Å². The van der Waals surface area contributed by atoms with Crippen LogP contribution in [0, 0.1) is 11.8 Å². The van der Waals surface area contributed by atoms with Gasteiger partial charge in [0.25, 0.3) is 0 Å². The number of ether oxygens (including phenoxy) is 1. The number of allylic oxidation sites excluding steroid dienone is 4. The first kappa shape index (κ1) is 20.9. The van der Waals surface area contributed by atoms with Crippen molar-refractivity contribution in [2.24, 2.45) is 11.8 Å². The van der Waals surface area contributed by atoms with E-state index in [0.29, 0.717) is 5.92 Å². The third kappa shape index (κ3) is 7.47. The van der Waals surface area contributed by atoms with Gasteiger partial charge in [-0.25, -0.2) is 0 Å². The van der Waals surface area contributed by atoms with Crippen molar-refractivity contribution in [3.63, 3.8) is 0 Å². The fourth-order valence-electron chi connectivity index (χ4n) is 3.80. The molecule has 2 atom stereocenters. The van der Waals surface area contributed by atoms with Gasteiger partial charge in [-0.2, -0.15) is 0 Å². The molecule has 0 radical (unpaired) electrons. The van der Waals surface area contributed by atoms with Gasteiger partial charge < -0.3 is 9.64 Å². The van der Waals surface area contributed by atoms with E-state index < -0.39 is 0 Å². The molecule has 0 N–H and O–H groups in total. The second kappa shape index (κ2) is 12.1. The normalized spacial score (nSPS) is 20.6. The first-order chi connectivity index (χ1) is 12.7. The van der Waals surface area contributed by atoms with Crippen LogP contribution in [0.1, 0.15) is 45.6 Å². The number of nitrogens with zero attached hydrogens (tertiary/aromatic N) is 1. The molecular formula is C24H37NO. The summed E-state index contributed by atoms with van der Waals surface area (Å²) in [5, 5.41) is 0. The van der Waals surface area contributed by atoms with E-state index in [-0.39, 0.29) is 0 Å². The van der Waals surface area contributed by atoms with Gasteiger partial charge in [-0.3, -0.25) is 0 Å². The molecule has 1 aromatic carbocycles. The van der Waals surface area contributed by atoms with Crippen LogP contribution in [0.2, 0.25) is 0 Å². The number of rotatable bonds is 10. The van der Waals surface area contributed by atoms with Crippen molar-refractivity contribution in [2.45, 2.75) is 46.5 Å². The minimum atomic E-state index is 0.677. The molecule has 1 aliphatic heterocycles. The number of likely N-dealkylation sites (tertiary alicyclic amines) is 1. The van der Waals surface area contributed by atoms with Crippen molar-refractivity contribution in [1.29, 1.82) is 0 Å². The fourth-order valence-corrected chi connectivity index (χ4v) is 3.80. The Bertz CT molecular complexity index is 549. The lowest BCUT2D eigenvalue weighted by molar-refractivity contribution is 0.105. The number of hydrogen-bond acceptors (Lipinski definition) is 2. The van der Waals surface area contributed by atoms with E-state index in [2.05, 4.69) is 74.2 Å². The van der Waals surface area contributed by atoms with Gasteiger partial charge in [0.15, 0.2) is 0 Å². The topological polar surface area (TPSA) is 12.5 Å². The maximum absolute atomic E-state index is 5.84. The molecule has 1 aromatic rings. The van der Waals surface area contributed by atoms with E-state index in [4.69, 9.17) is 4.74 Å². The Balaban J connectivity index is 1.62. The van der Waals surface area contributed by atoms with Crippen molar-refractivity contribution >= 4 is 0 Å². The number of piperidine rings is 1. The zero-order valence-corrected chi connectivity index (χ0v) is 17.0.